The molecule has 150 valence electrons. The number of nitrogens with two attached hydrogens (primary N) is 1. The van der Waals surface area contributed by atoms with Crippen LogP contribution in [0.15, 0.2) is 47.4 Å². The van der Waals surface area contributed by atoms with E-state index in [1.165, 1.54) is 63.6 Å². The molecule has 2 rings (SSSR count). The molecular weight excluding hydrogens is 388 g/mol. The summed E-state index contributed by atoms with van der Waals surface area (Å²) in [7, 11) is -1.14. The second-order valence-electron chi connectivity index (χ2n) is 5.68. The number of anilines is 1. The number of hydrogen-bond donors (Lipinski definition) is 2. The zero-order chi connectivity index (χ0) is 20.9. The minimum absolute atomic E-state index is 0.0646. The first kappa shape index (κ1) is 21.2. The van der Waals surface area contributed by atoms with Crippen LogP contribution in [-0.4, -0.2) is 40.6 Å². The van der Waals surface area contributed by atoms with Gasteiger partial charge in [0.05, 0.1) is 24.7 Å². The highest BCUT2D eigenvalue weighted by Gasteiger charge is 2.19. The molecule has 1 amide bonds. The van der Waals surface area contributed by atoms with Gasteiger partial charge in [-0.3, -0.25) is 4.79 Å². The Hall–Kier alpha value is -3.11. The van der Waals surface area contributed by atoms with Gasteiger partial charge in [-0.2, -0.15) is 0 Å². The van der Waals surface area contributed by atoms with Crippen molar-refractivity contribution >= 4 is 27.6 Å². The van der Waals surface area contributed by atoms with Crippen LogP contribution in [0.1, 0.15) is 17.3 Å². The molecule has 3 N–H and O–H groups in total. The summed E-state index contributed by atoms with van der Waals surface area (Å²) in [6, 6.07) is 9.82. The summed E-state index contributed by atoms with van der Waals surface area (Å²) in [5, 5.41) is 7.63. The Morgan fingerprint density at radius 3 is 2.21 bits per heavy atom. The fraction of sp³-hybridized carbons (Fsp3) is 0.222. The predicted octanol–water partition coefficient (Wildman–Crippen LogP) is 1.54. The van der Waals surface area contributed by atoms with Gasteiger partial charge in [0.15, 0.2) is 17.6 Å². The van der Waals surface area contributed by atoms with Crippen LogP contribution in [0.5, 0.6) is 11.5 Å². The zero-order valence-electron chi connectivity index (χ0n) is 15.5. The Bertz CT molecular complexity index is 972. The van der Waals surface area contributed by atoms with Crippen LogP contribution in [0.25, 0.3) is 0 Å². The molecule has 0 aromatic heterocycles. The minimum Gasteiger partial charge on any atom is -0.493 e. The third-order valence-electron chi connectivity index (χ3n) is 3.71. The highest BCUT2D eigenvalue weighted by molar-refractivity contribution is 7.89. The van der Waals surface area contributed by atoms with Gasteiger partial charge in [0.1, 0.15) is 0 Å². The molecule has 0 saturated carbocycles. The molecule has 0 radical (unpaired) electrons. The largest absolute Gasteiger partial charge is 0.493 e. The number of ether oxygens (including phenoxy) is 3. The van der Waals surface area contributed by atoms with E-state index in [1.807, 2.05) is 0 Å². The molecule has 9 nitrogen and oxygen atoms in total. The number of rotatable bonds is 7. The lowest BCUT2D eigenvalue weighted by atomic mass is 10.2. The number of benzene rings is 2. The topological polar surface area (TPSA) is 134 Å². The highest BCUT2D eigenvalue weighted by Crippen LogP contribution is 2.29. The zero-order valence-corrected chi connectivity index (χ0v) is 16.3. The molecule has 0 saturated heterocycles. The Kier molecular flexibility index (Phi) is 6.60. The summed E-state index contributed by atoms with van der Waals surface area (Å²) < 4.78 is 38.0. The third-order valence-corrected chi connectivity index (χ3v) is 4.64. The summed E-state index contributed by atoms with van der Waals surface area (Å²) in [6.45, 7) is 1.53. The number of esters is 1. The van der Waals surface area contributed by atoms with Crippen molar-refractivity contribution in [1.29, 1.82) is 0 Å². The lowest BCUT2D eigenvalue weighted by molar-refractivity contribution is -0.122. The number of amides is 1. The van der Waals surface area contributed by atoms with Crippen LogP contribution < -0.4 is 19.9 Å². The van der Waals surface area contributed by atoms with Crippen molar-refractivity contribution in [2.24, 2.45) is 5.14 Å². The van der Waals surface area contributed by atoms with Gasteiger partial charge in [0, 0.05) is 5.69 Å². The first-order valence-electron chi connectivity index (χ1n) is 8.02. The van der Waals surface area contributed by atoms with Crippen LogP contribution in [0.2, 0.25) is 0 Å². The van der Waals surface area contributed by atoms with E-state index in [0.717, 1.165) is 0 Å². The van der Waals surface area contributed by atoms with Crippen LogP contribution in [0.3, 0.4) is 0 Å². The van der Waals surface area contributed by atoms with Crippen LogP contribution in [0.4, 0.5) is 5.69 Å². The van der Waals surface area contributed by atoms with E-state index in [0.29, 0.717) is 5.69 Å². The third kappa shape index (κ3) is 5.21. The maximum Gasteiger partial charge on any atom is 0.337 e. The van der Waals surface area contributed by atoms with Gasteiger partial charge < -0.3 is 19.5 Å². The van der Waals surface area contributed by atoms with Crippen molar-refractivity contribution in [2.45, 2.75) is 17.9 Å². The molecule has 1 atom stereocenters. The molecule has 0 aliphatic carbocycles. The molecule has 0 unspecified atom stereocenters. The molecule has 0 spiro atoms. The minimum atomic E-state index is -3.81. The van der Waals surface area contributed by atoms with Gasteiger partial charge in [-0.1, -0.05) is 0 Å². The number of carbonyl (C=O) groups is 2. The monoisotopic (exact) mass is 408 g/mol. The Labute approximate surface area is 162 Å². The van der Waals surface area contributed by atoms with Crippen LogP contribution in [0, 0.1) is 0 Å². The SMILES string of the molecule is COC(=O)c1ccc(O[C@H](C)C(=O)Nc2ccc(S(N)(=O)=O)cc2)c(OC)c1. The molecule has 10 heteroatoms. The molecule has 28 heavy (non-hydrogen) atoms. The van der Waals surface area contributed by atoms with Crippen molar-refractivity contribution in [1.82, 2.24) is 0 Å². The van der Waals surface area contributed by atoms with E-state index in [4.69, 9.17) is 14.6 Å². The summed E-state index contributed by atoms with van der Waals surface area (Å²) in [6.07, 6.45) is -0.907. The van der Waals surface area contributed by atoms with Gasteiger partial charge >= 0.3 is 5.97 Å². The molecule has 0 aliphatic rings. The molecule has 2 aromatic rings. The standard InChI is InChI=1S/C18H20N2O7S/c1-11(17(21)20-13-5-7-14(8-6-13)28(19,23)24)27-15-9-4-12(18(22)26-3)10-16(15)25-2/h4-11H,1-3H3,(H,20,21)(H2,19,23,24)/t11-/m1/s1. The average Bonchev–Trinajstić information content (AvgIpc) is 2.67. The normalized spacial score (nSPS) is 12.0. The summed E-state index contributed by atoms with van der Waals surface area (Å²) >= 11 is 0. The van der Waals surface area contributed by atoms with Crippen LogP contribution in [-0.2, 0) is 19.6 Å². The number of carbonyl (C=O) groups excluding carboxylic acids is 2. The second kappa shape index (κ2) is 8.72. The maximum atomic E-state index is 12.3. The number of hydrogen-bond acceptors (Lipinski definition) is 7. The quantitative estimate of drug-likeness (QED) is 0.664. The summed E-state index contributed by atoms with van der Waals surface area (Å²) in [5.74, 6) is -0.469. The Morgan fingerprint density at radius 1 is 1.04 bits per heavy atom. The highest BCUT2D eigenvalue weighted by atomic mass is 32.2. The van der Waals surface area contributed by atoms with Crippen molar-refractivity contribution in [3.63, 3.8) is 0 Å². The van der Waals surface area contributed by atoms with Gasteiger partial charge in [-0.05, 0) is 49.4 Å². The van der Waals surface area contributed by atoms with Crippen molar-refractivity contribution in [3.8, 4) is 11.5 Å². The second-order valence-corrected chi connectivity index (χ2v) is 7.24. The van der Waals surface area contributed by atoms with Gasteiger partial charge in [0.25, 0.3) is 5.91 Å². The van der Waals surface area contributed by atoms with Crippen LogP contribution >= 0.6 is 0 Å². The molecule has 0 bridgehead atoms. The number of primary sulfonamides is 1. The van der Waals surface area contributed by atoms with E-state index in [9.17, 15) is 18.0 Å². The molecule has 2 aromatic carbocycles. The fourth-order valence-electron chi connectivity index (χ4n) is 2.23. The lowest BCUT2D eigenvalue weighted by Gasteiger charge is -2.17. The molecule has 0 aliphatic heterocycles. The van der Waals surface area contributed by atoms with Crippen molar-refractivity contribution in [2.75, 3.05) is 19.5 Å². The van der Waals surface area contributed by atoms with Crippen molar-refractivity contribution in [3.05, 3.63) is 48.0 Å². The number of nitrogens with one attached hydrogen (secondary N) is 1. The fourth-order valence-corrected chi connectivity index (χ4v) is 2.74. The average molecular weight is 408 g/mol. The Balaban J connectivity index is 2.09. The van der Waals surface area contributed by atoms with Gasteiger partial charge in [0.2, 0.25) is 10.0 Å². The molecule has 0 fully saturated rings. The lowest BCUT2D eigenvalue weighted by Crippen LogP contribution is -2.30. The van der Waals surface area contributed by atoms with Gasteiger partial charge in [-0.25, -0.2) is 18.4 Å². The maximum absolute atomic E-state index is 12.3. The predicted molar refractivity (Wildman–Crippen MR) is 101 cm³/mol. The first-order valence-corrected chi connectivity index (χ1v) is 9.57. The van der Waals surface area contributed by atoms with E-state index in [-0.39, 0.29) is 22.0 Å². The van der Waals surface area contributed by atoms with E-state index in [2.05, 4.69) is 10.1 Å². The van der Waals surface area contributed by atoms with Crippen molar-refractivity contribution < 1.29 is 32.2 Å². The van der Waals surface area contributed by atoms with E-state index < -0.39 is 28.0 Å². The van der Waals surface area contributed by atoms with Gasteiger partial charge in [-0.15, -0.1) is 0 Å². The van der Waals surface area contributed by atoms with E-state index in [1.54, 1.807) is 0 Å². The number of sulfonamides is 1. The number of methoxy groups -OCH3 is 2. The Morgan fingerprint density at radius 2 is 1.68 bits per heavy atom. The summed E-state index contributed by atoms with van der Waals surface area (Å²) in [5.41, 5.74) is 0.652. The smallest absolute Gasteiger partial charge is 0.337 e. The molecular formula is C18H20N2O7S. The molecule has 0 heterocycles. The van der Waals surface area contributed by atoms with E-state index >= 15 is 0 Å². The first-order chi connectivity index (χ1) is 13.2. The summed E-state index contributed by atoms with van der Waals surface area (Å²) in [4.78, 5) is 23.8.